The van der Waals surface area contributed by atoms with E-state index in [1.807, 2.05) is 17.9 Å². The van der Waals surface area contributed by atoms with Gasteiger partial charge in [0.15, 0.2) is 5.75 Å². The third-order valence-electron chi connectivity index (χ3n) is 3.26. The average molecular weight is 273 g/mol. The molecule has 0 unspecified atom stereocenters. The molecule has 0 aliphatic rings. The van der Waals surface area contributed by atoms with E-state index >= 15 is 0 Å². The van der Waals surface area contributed by atoms with E-state index in [9.17, 15) is 0 Å². The molecule has 0 aliphatic heterocycles. The quantitative estimate of drug-likeness (QED) is 0.843. The first-order valence-corrected chi connectivity index (χ1v) is 7.09. The molecule has 0 spiro atoms. The van der Waals surface area contributed by atoms with Gasteiger partial charge in [-0.05, 0) is 45.0 Å². The van der Waals surface area contributed by atoms with E-state index in [0.717, 1.165) is 18.7 Å². The summed E-state index contributed by atoms with van der Waals surface area (Å²) < 4.78 is 7.74. The molecule has 108 valence electrons. The summed E-state index contributed by atoms with van der Waals surface area (Å²) in [6.45, 7) is 5.76. The van der Waals surface area contributed by atoms with Crippen LogP contribution >= 0.6 is 0 Å². The van der Waals surface area contributed by atoms with Crippen LogP contribution in [0.1, 0.15) is 31.0 Å². The SMILES string of the molecule is CNCCc1ccccc1COc1cnn(C(C)C)c1. The lowest BCUT2D eigenvalue weighted by atomic mass is 10.1. The second-order valence-electron chi connectivity index (χ2n) is 5.16. The maximum atomic E-state index is 5.84. The highest BCUT2D eigenvalue weighted by atomic mass is 16.5. The summed E-state index contributed by atoms with van der Waals surface area (Å²) in [4.78, 5) is 0. The van der Waals surface area contributed by atoms with Crippen LogP contribution in [-0.4, -0.2) is 23.4 Å². The molecule has 1 aromatic carbocycles. The third kappa shape index (κ3) is 3.84. The molecule has 0 fully saturated rings. The number of aromatic nitrogens is 2. The fourth-order valence-corrected chi connectivity index (χ4v) is 2.04. The maximum Gasteiger partial charge on any atom is 0.157 e. The number of nitrogens with zero attached hydrogens (tertiary/aromatic N) is 2. The van der Waals surface area contributed by atoms with E-state index in [2.05, 4.69) is 48.5 Å². The maximum absolute atomic E-state index is 5.84. The molecule has 0 aliphatic carbocycles. The summed E-state index contributed by atoms with van der Waals surface area (Å²) in [5.41, 5.74) is 2.57. The van der Waals surface area contributed by atoms with Gasteiger partial charge in [0.2, 0.25) is 0 Å². The number of hydrogen-bond donors (Lipinski definition) is 1. The molecule has 2 aromatic rings. The molecule has 1 N–H and O–H groups in total. The lowest BCUT2D eigenvalue weighted by Crippen LogP contribution is -2.12. The number of likely N-dealkylation sites (N-methyl/N-ethyl adjacent to an activating group) is 1. The zero-order chi connectivity index (χ0) is 14.4. The number of rotatable bonds is 7. The van der Waals surface area contributed by atoms with Crippen LogP contribution in [-0.2, 0) is 13.0 Å². The molecule has 4 heteroatoms. The van der Waals surface area contributed by atoms with Gasteiger partial charge < -0.3 is 10.1 Å². The van der Waals surface area contributed by atoms with Crippen molar-refractivity contribution >= 4 is 0 Å². The van der Waals surface area contributed by atoms with Crippen LogP contribution in [0.15, 0.2) is 36.7 Å². The summed E-state index contributed by atoms with van der Waals surface area (Å²) in [7, 11) is 1.97. The van der Waals surface area contributed by atoms with Gasteiger partial charge in [-0.25, -0.2) is 0 Å². The lowest BCUT2D eigenvalue weighted by Gasteiger charge is -2.10. The highest BCUT2D eigenvalue weighted by Gasteiger charge is 2.05. The first-order valence-electron chi connectivity index (χ1n) is 7.09. The van der Waals surface area contributed by atoms with Crippen molar-refractivity contribution in [1.82, 2.24) is 15.1 Å². The average Bonchev–Trinajstić information content (AvgIpc) is 2.93. The monoisotopic (exact) mass is 273 g/mol. The van der Waals surface area contributed by atoms with Crippen molar-refractivity contribution in [2.75, 3.05) is 13.6 Å². The Bertz CT molecular complexity index is 534. The van der Waals surface area contributed by atoms with Crippen molar-refractivity contribution in [3.05, 3.63) is 47.8 Å². The van der Waals surface area contributed by atoms with Crippen molar-refractivity contribution in [3.8, 4) is 5.75 Å². The predicted molar refractivity (Wildman–Crippen MR) is 81.0 cm³/mol. The fraction of sp³-hybridized carbons (Fsp3) is 0.438. The van der Waals surface area contributed by atoms with Crippen LogP contribution in [0.4, 0.5) is 0 Å². The summed E-state index contributed by atoms with van der Waals surface area (Å²) in [6, 6.07) is 8.77. The zero-order valence-corrected chi connectivity index (χ0v) is 12.5. The summed E-state index contributed by atoms with van der Waals surface area (Å²) >= 11 is 0. The molecule has 0 bridgehead atoms. The normalized spacial score (nSPS) is 11.0. The molecular formula is C16H23N3O. The lowest BCUT2D eigenvalue weighted by molar-refractivity contribution is 0.304. The van der Waals surface area contributed by atoms with Gasteiger partial charge in [-0.15, -0.1) is 0 Å². The number of nitrogens with one attached hydrogen (secondary N) is 1. The van der Waals surface area contributed by atoms with Crippen LogP contribution in [0.3, 0.4) is 0 Å². The van der Waals surface area contributed by atoms with Gasteiger partial charge in [-0.2, -0.15) is 5.10 Å². The molecule has 1 aromatic heterocycles. The summed E-state index contributed by atoms with van der Waals surface area (Å²) in [6.07, 6.45) is 4.73. The Balaban J connectivity index is 1.99. The van der Waals surface area contributed by atoms with Crippen LogP contribution < -0.4 is 10.1 Å². The molecule has 20 heavy (non-hydrogen) atoms. The molecule has 2 rings (SSSR count). The minimum atomic E-state index is 0.357. The summed E-state index contributed by atoms with van der Waals surface area (Å²) in [5, 5.41) is 7.46. The zero-order valence-electron chi connectivity index (χ0n) is 12.5. The fourth-order valence-electron chi connectivity index (χ4n) is 2.04. The van der Waals surface area contributed by atoms with E-state index in [1.54, 1.807) is 6.20 Å². The summed E-state index contributed by atoms with van der Waals surface area (Å²) in [5.74, 6) is 0.821. The second-order valence-corrected chi connectivity index (χ2v) is 5.16. The van der Waals surface area contributed by atoms with Gasteiger partial charge in [0.05, 0.1) is 12.4 Å². The largest absolute Gasteiger partial charge is 0.486 e. The van der Waals surface area contributed by atoms with Gasteiger partial charge in [-0.3, -0.25) is 4.68 Å². The van der Waals surface area contributed by atoms with Crippen LogP contribution in [0.2, 0.25) is 0 Å². The van der Waals surface area contributed by atoms with Gasteiger partial charge in [0, 0.05) is 6.04 Å². The standard InChI is InChI=1S/C16H23N3O/c1-13(2)19-11-16(10-18-19)20-12-15-7-5-4-6-14(15)8-9-17-3/h4-7,10-11,13,17H,8-9,12H2,1-3H3. The van der Waals surface area contributed by atoms with E-state index in [-0.39, 0.29) is 0 Å². The third-order valence-corrected chi connectivity index (χ3v) is 3.26. The van der Waals surface area contributed by atoms with Crippen LogP contribution in [0.25, 0.3) is 0 Å². The Kier molecular flexibility index (Phi) is 5.18. The smallest absolute Gasteiger partial charge is 0.157 e. The molecule has 0 saturated carbocycles. The highest BCUT2D eigenvalue weighted by Crippen LogP contribution is 2.16. The number of benzene rings is 1. The van der Waals surface area contributed by atoms with Gasteiger partial charge >= 0.3 is 0 Å². The molecular weight excluding hydrogens is 250 g/mol. The Labute approximate surface area is 120 Å². The van der Waals surface area contributed by atoms with Crippen molar-refractivity contribution in [2.45, 2.75) is 32.9 Å². The molecule has 0 amide bonds. The van der Waals surface area contributed by atoms with E-state index in [4.69, 9.17) is 4.74 Å². The Morgan fingerprint density at radius 1 is 1.25 bits per heavy atom. The molecule has 4 nitrogen and oxygen atoms in total. The second kappa shape index (κ2) is 7.10. The number of ether oxygens (including phenoxy) is 1. The van der Waals surface area contributed by atoms with E-state index in [1.165, 1.54) is 11.1 Å². The Hall–Kier alpha value is -1.81. The Morgan fingerprint density at radius 3 is 2.65 bits per heavy atom. The van der Waals surface area contributed by atoms with Crippen molar-refractivity contribution in [1.29, 1.82) is 0 Å². The van der Waals surface area contributed by atoms with Crippen molar-refractivity contribution in [3.63, 3.8) is 0 Å². The Morgan fingerprint density at radius 2 is 2.00 bits per heavy atom. The first-order chi connectivity index (χ1) is 9.70. The van der Waals surface area contributed by atoms with Crippen LogP contribution in [0.5, 0.6) is 5.75 Å². The molecule has 0 atom stereocenters. The highest BCUT2D eigenvalue weighted by molar-refractivity contribution is 5.27. The van der Waals surface area contributed by atoms with E-state index < -0.39 is 0 Å². The van der Waals surface area contributed by atoms with Gasteiger partial charge in [0.25, 0.3) is 0 Å². The molecule has 0 saturated heterocycles. The number of hydrogen-bond acceptors (Lipinski definition) is 3. The first kappa shape index (κ1) is 14.6. The minimum absolute atomic E-state index is 0.357. The van der Waals surface area contributed by atoms with Crippen LogP contribution in [0, 0.1) is 0 Å². The van der Waals surface area contributed by atoms with Crippen molar-refractivity contribution in [2.24, 2.45) is 0 Å². The topological polar surface area (TPSA) is 39.1 Å². The molecule has 0 radical (unpaired) electrons. The minimum Gasteiger partial charge on any atom is -0.486 e. The van der Waals surface area contributed by atoms with Crippen molar-refractivity contribution < 1.29 is 4.74 Å². The molecule has 1 heterocycles. The predicted octanol–water partition coefficient (Wildman–Crippen LogP) is 2.80. The van der Waals surface area contributed by atoms with Gasteiger partial charge in [-0.1, -0.05) is 24.3 Å². The van der Waals surface area contributed by atoms with E-state index in [0.29, 0.717) is 12.6 Å². The van der Waals surface area contributed by atoms with Gasteiger partial charge in [0.1, 0.15) is 6.61 Å².